The number of carbonyl (C=O) groups is 1. The molecular weight excluding hydrogens is 312 g/mol. The van der Waals surface area contributed by atoms with Crippen molar-refractivity contribution in [1.82, 2.24) is 20.0 Å². The predicted molar refractivity (Wildman–Crippen MR) is 97.1 cm³/mol. The van der Waals surface area contributed by atoms with Crippen molar-refractivity contribution in [2.45, 2.75) is 57.2 Å². The normalized spacial score (nSPS) is 20.6. The summed E-state index contributed by atoms with van der Waals surface area (Å²) in [5, 5.41) is 7.40. The topological polar surface area (TPSA) is 50.2 Å². The van der Waals surface area contributed by atoms with Crippen molar-refractivity contribution < 1.29 is 4.79 Å². The van der Waals surface area contributed by atoms with Gasteiger partial charge in [-0.1, -0.05) is 24.3 Å². The van der Waals surface area contributed by atoms with Crippen LogP contribution in [-0.2, 0) is 13.5 Å². The fraction of sp³-hybridized carbons (Fsp3) is 0.500. The summed E-state index contributed by atoms with van der Waals surface area (Å²) in [7, 11) is 1.90. The van der Waals surface area contributed by atoms with E-state index in [9.17, 15) is 4.79 Å². The molecule has 1 saturated carbocycles. The summed E-state index contributed by atoms with van der Waals surface area (Å²) < 4.78 is 1.77. The molecule has 132 valence electrons. The summed E-state index contributed by atoms with van der Waals surface area (Å²) in [6.07, 6.45) is 9.35. The Morgan fingerprint density at radius 3 is 2.84 bits per heavy atom. The van der Waals surface area contributed by atoms with Gasteiger partial charge in [0.2, 0.25) is 0 Å². The van der Waals surface area contributed by atoms with Crippen LogP contribution in [0.3, 0.4) is 0 Å². The largest absolute Gasteiger partial charge is 0.331 e. The smallest absolute Gasteiger partial charge is 0.318 e. The summed E-state index contributed by atoms with van der Waals surface area (Å²) in [4.78, 5) is 15.2. The molecule has 1 aromatic carbocycles. The molecule has 1 fully saturated rings. The highest BCUT2D eigenvalue weighted by molar-refractivity contribution is 5.76. The number of carbonyl (C=O) groups excluding carboxylic acids is 1. The van der Waals surface area contributed by atoms with Crippen molar-refractivity contribution in [2.75, 3.05) is 0 Å². The lowest BCUT2D eigenvalue weighted by molar-refractivity contribution is 0.159. The van der Waals surface area contributed by atoms with Crippen LogP contribution in [0, 0.1) is 0 Å². The van der Waals surface area contributed by atoms with Gasteiger partial charge in [0.05, 0.1) is 18.3 Å². The average Bonchev–Trinajstić information content (AvgIpc) is 3.34. The Bertz CT molecular complexity index is 765. The van der Waals surface area contributed by atoms with Gasteiger partial charge in [0.1, 0.15) is 0 Å². The van der Waals surface area contributed by atoms with E-state index in [0.29, 0.717) is 6.04 Å². The van der Waals surface area contributed by atoms with E-state index in [0.717, 1.165) is 37.7 Å². The molecule has 1 heterocycles. The molecule has 2 aliphatic rings. The Kier molecular flexibility index (Phi) is 4.24. The zero-order valence-corrected chi connectivity index (χ0v) is 15.0. The van der Waals surface area contributed by atoms with Gasteiger partial charge >= 0.3 is 6.03 Å². The number of benzene rings is 1. The van der Waals surface area contributed by atoms with Crippen LogP contribution < -0.4 is 5.32 Å². The number of nitrogens with one attached hydrogen (secondary N) is 1. The molecule has 0 radical (unpaired) electrons. The summed E-state index contributed by atoms with van der Waals surface area (Å²) in [5.74, 6) is 0. The van der Waals surface area contributed by atoms with Crippen molar-refractivity contribution in [3.05, 3.63) is 53.3 Å². The first-order valence-electron chi connectivity index (χ1n) is 9.28. The highest BCUT2D eigenvalue weighted by Crippen LogP contribution is 2.40. The number of rotatable bonds is 4. The molecule has 5 nitrogen and oxygen atoms in total. The number of fused-ring (bicyclic) bond motifs is 1. The van der Waals surface area contributed by atoms with Crippen molar-refractivity contribution in [1.29, 1.82) is 0 Å². The fourth-order valence-corrected chi connectivity index (χ4v) is 3.94. The van der Waals surface area contributed by atoms with Gasteiger partial charge in [0.25, 0.3) is 0 Å². The Morgan fingerprint density at radius 1 is 1.32 bits per heavy atom. The first kappa shape index (κ1) is 16.2. The van der Waals surface area contributed by atoms with E-state index < -0.39 is 0 Å². The molecule has 25 heavy (non-hydrogen) atoms. The number of aryl methyl sites for hydroxylation is 2. The third-order valence-corrected chi connectivity index (χ3v) is 5.41. The lowest BCUT2D eigenvalue weighted by atomic mass is 9.87. The summed E-state index contributed by atoms with van der Waals surface area (Å²) in [5.41, 5.74) is 3.78. The lowest BCUT2D eigenvalue weighted by Gasteiger charge is -2.36. The summed E-state index contributed by atoms with van der Waals surface area (Å²) in [6.45, 7) is 2.02. The molecule has 0 spiro atoms. The SMILES string of the molecule is C[C@H](NC(=O)N(C1CC1)[C@@H]1CCCc2ccccc21)c1cnn(C)c1. The highest BCUT2D eigenvalue weighted by Gasteiger charge is 2.39. The fourth-order valence-electron chi connectivity index (χ4n) is 3.94. The van der Waals surface area contributed by atoms with Crippen LogP contribution in [0.5, 0.6) is 0 Å². The van der Waals surface area contributed by atoms with Crippen LogP contribution in [0.15, 0.2) is 36.7 Å². The van der Waals surface area contributed by atoms with Crippen LogP contribution >= 0.6 is 0 Å². The van der Waals surface area contributed by atoms with Crippen molar-refractivity contribution >= 4 is 6.03 Å². The molecule has 0 aliphatic heterocycles. The number of amides is 2. The van der Waals surface area contributed by atoms with Gasteiger partial charge in [0.15, 0.2) is 0 Å². The third-order valence-electron chi connectivity index (χ3n) is 5.41. The van der Waals surface area contributed by atoms with E-state index in [1.54, 1.807) is 4.68 Å². The molecule has 2 aliphatic carbocycles. The molecule has 4 rings (SSSR count). The average molecular weight is 338 g/mol. The molecule has 1 N–H and O–H groups in total. The number of hydrogen-bond donors (Lipinski definition) is 1. The molecule has 2 amide bonds. The highest BCUT2D eigenvalue weighted by atomic mass is 16.2. The maximum atomic E-state index is 13.1. The van der Waals surface area contributed by atoms with E-state index in [-0.39, 0.29) is 18.1 Å². The summed E-state index contributed by atoms with van der Waals surface area (Å²) >= 11 is 0. The van der Waals surface area contributed by atoms with Crippen molar-refractivity contribution in [3.63, 3.8) is 0 Å². The van der Waals surface area contributed by atoms with E-state index in [1.165, 1.54) is 11.1 Å². The van der Waals surface area contributed by atoms with Gasteiger partial charge in [0, 0.05) is 24.8 Å². The molecule has 5 heteroatoms. The maximum Gasteiger partial charge on any atom is 0.318 e. The second-order valence-electron chi connectivity index (χ2n) is 7.36. The Hall–Kier alpha value is -2.30. The second-order valence-corrected chi connectivity index (χ2v) is 7.36. The maximum absolute atomic E-state index is 13.1. The Labute approximate surface area is 149 Å². The standard InChI is InChI=1S/C20H26N4O/c1-14(16-12-21-23(2)13-16)22-20(25)24(17-10-11-17)19-9-5-7-15-6-3-4-8-18(15)19/h3-4,6,8,12-14,17,19H,5,7,9-11H2,1-2H3,(H,22,25)/t14-,19+/m0/s1. The lowest BCUT2D eigenvalue weighted by Crippen LogP contribution is -2.45. The molecule has 1 aromatic heterocycles. The minimum atomic E-state index is -0.0405. The first-order chi connectivity index (χ1) is 12.1. The van der Waals surface area contributed by atoms with Crippen LogP contribution in [0.1, 0.15) is 61.4 Å². The molecule has 2 aromatic rings. The number of nitrogens with zero attached hydrogens (tertiary/aromatic N) is 3. The van der Waals surface area contributed by atoms with Gasteiger partial charge < -0.3 is 10.2 Å². The van der Waals surface area contributed by atoms with E-state index in [4.69, 9.17) is 0 Å². The quantitative estimate of drug-likeness (QED) is 0.923. The van der Waals surface area contributed by atoms with Crippen LogP contribution in [0.25, 0.3) is 0 Å². The minimum absolute atomic E-state index is 0.0405. The van der Waals surface area contributed by atoms with E-state index >= 15 is 0 Å². The van der Waals surface area contributed by atoms with Gasteiger partial charge in [-0.2, -0.15) is 5.10 Å². The zero-order valence-electron chi connectivity index (χ0n) is 15.0. The van der Waals surface area contributed by atoms with Gasteiger partial charge in [-0.15, -0.1) is 0 Å². The van der Waals surface area contributed by atoms with E-state index in [1.807, 2.05) is 26.4 Å². The Balaban J connectivity index is 1.55. The van der Waals surface area contributed by atoms with Gasteiger partial charge in [-0.05, 0) is 50.2 Å². The van der Waals surface area contributed by atoms with Gasteiger partial charge in [-0.3, -0.25) is 4.68 Å². The van der Waals surface area contributed by atoms with Crippen LogP contribution in [0.4, 0.5) is 4.79 Å². The minimum Gasteiger partial charge on any atom is -0.331 e. The first-order valence-corrected chi connectivity index (χ1v) is 9.28. The predicted octanol–water partition coefficient (Wildman–Crippen LogP) is 3.73. The molecule has 2 atom stereocenters. The van der Waals surface area contributed by atoms with Crippen LogP contribution in [-0.4, -0.2) is 26.8 Å². The van der Waals surface area contributed by atoms with Crippen molar-refractivity contribution in [2.24, 2.45) is 7.05 Å². The van der Waals surface area contributed by atoms with Gasteiger partial charge in [-0.25, -0.2) is 4.79 Å². The molecule has 0 bridgehead atoms. The van der Waals surface area contributed by atoms with Crippen molar-refractivity contribution in [3.8, 4) is 0 Å². The van der Waals surface area contributed by atoms with E-state index in [2.05, 4.69) is 39.6 Å². The monoisotopic (exact) mass is 338 g/mol. The number of hydrogen-bond acceptors (Lipinski definition) is 2. The molecular formula is C20H26N4O. The molecule has 0 unspecified atom stereocenters. The zero-order chi connectivity index (χ0) is 17.4. The Morgan fingerprint density at radius 2 is 2.12 bits per heavy atom. The van der Waals surface area contributed by atoms with Crippen LogP contribution in [0.2, 0.25) is 0 Å². The third kappa shape index (κ3) is 3.28. The number of urea groups is 1. The molecule has 0 saturated heterocycles. The second kappa shape index (κ2) is 6.54. The summed E-state index contributed by atoms with van der Waals surface area (Å²) in [6, 6.07) is 9.22. The number of aromatic nitrogens is 2.